The van der Waals surface area contributed by atoms with E-state index in [1.54, 1.807) is 0 Å². The van der Waals surface area contributed by atoms with Crippen LogP contribution in [0.4, 0.5) is 26.3 Å². The van der Waals surface area contributed by atoms with Crippen LogP contribution in [0.15, 0.2) is 0 Å². The first-order chi connectivity index (χ1) is 9.42. The second kappa shape index (κ2) is 6.49. The predicted molar refractivity (Wildman–Crippen MR) is 60.2 cm³/mol. The van der Waals surface area contributed by atoms with E-state index in [4.69, 9.17) is 0 Å². The zero-order chi connectivity index (χ0) is 18.1. The van der Waals surface area contributed by atoms with Crippen molar-refractivity contribution in [3.05, 3.63) is 0 Å². The molecule has 0 aromatic heterocycles. The second-order valence-corrected chi connectivity index (χ2v) is 7.39. The molecular formula is C8H12F6O6S2. The van der Waals surface area contributed by atoms with Crippen molar-refractivity contribution in [1.82, 2.24) is 0 Å². The summed E-state index contributed by atoms with van der Waals surface area (Å²) >= 11 is 0. The highest BCUT2D eigenvalue weighted by Crippen LogP contribution is 2.30. The van der Waals surface area contributed by atoms with Crippen molar-refractivity contribution in [2.75, 3.05) is 0 Å². The molecule has 0 saturated heterocycles. The first kappa shape index (κ1) is 21.4. The van der Waals surface area contributed by atoms with Gasteiger partial charge >= 0.3 is 31.3 Å². The average Bonchev–Trinajstić information content (AvgIpc) is 2.23. The van der Waals surface area contributed by atoms with Crippen LogP contribution in [0.25, 0.3) is 0 Å². The zero-order valence-electron chi connectivity index (χ0n) is 11.3. The lowest BCUT2D eigenvalue weighted by molar-refractivity contribution is -0.0653. The molecule has 0 aliphatic heterocycles. The first-order valence-corrected chi connectivity index (χ1v) is 8.23. The fourth-order valence-corrected chi connectivity index (χ4v) is 2.43. The Hall–Kier alpha value is -0.600. The molecule has 0 aromatic rings. The normalized spacial score (nSPS) is 18.8. The van der Waals surface area contributed by atoms with E-state index in [0.717, 1.165) is 20.8 Å². The van der Waals surface area contributed by atoms with Crippen LogP contribution in [0, 0.1) is 5.92 Å². The lowest BCUT2D eigenvalue weighted by atomic mass is 10.0. The fraction of sp³-hybridized carbons (Fsp3) is 1.00. The van der Waals surface area contributed by atoms with Gasteiger partial charge in [-0.2, -0.15) is 43.2 Å². The molecular weight excluding hydrogens is 370 g/mol. The van der Waals surface area contributed by atoms with Gasteiger partial charge in [0.1, 0.15) is 0 Å². The molecule has 6 nitrogen and oxygen atoms in total. The van der Waals surface area contributed by atoms with Crippen LogP contribution >= 0.6 is 0 Å². The van der Waals surface area contributed by atoms with E-state index >= 15 is 0 Å². The topological polar surface area (TPSA) is 86.7 Å². The summed E-state index contributed by atoms with van der Waals surface area (Å²) in [6.45, 7) is 2.59. The number of halogens is 6. The molecule has 0 rings (SSSR count). The minimum atomic E-state index is -5.97. The maximum Gasteiger partial charge on any atom is 0.523 e. The van der Waals surface area contributed by atoms with Crippen LogP contribution in [0.5, 0.6) is 0 Å². The molecule has 0 aromatic carbocycles. The van der Waals surface area contributed by atoms with E-state index in [9.17, 15) is 43.2 Å². The standard InChI is InChI=1S/C8H12F6O6S2/c1-4(5(2)19-21(15,16)7(9,10)11)6(3)20-22(17,18)8(12,13)14/h4-6H,1-3H3. The third kappa shape index (κ3) is 5.24. The molecule has 2 unspecified atom stereocenters. The summed E-state index contributed by atoms with van der Waals surface area (Å²) in [4.78, 5) is 0. The predicted octanol–water partition coefficient (Wildman–Crippen LogP) is 2.13. The monoisotopic (exact) mass is 382 g/mol. The largest absolute Gasteiger partial charge is 0.523 e. The Morgan fingerprint density at radius 3 is 1.09 bits per heavy atom. The molecule has 0 aliphatic carbocycles. The van der Waals surface area contributed by atoms with Crippen LogP contribution in [0.3, 0.4) is 0 Å². The molecule has 0 radical (unpaired) electrons. The quantitative estimate of drug-likeness (QED) is 0.397. The SMILES string of the molecule is CC(OS(=O)(=O)C(F)(F)F)C(C)C(C)OS(=O)(=O)C(F)(F)F. The summed E-state index contributed by atoms with van der Waals surface area (Å²) in [5.74, 6) is -1.42. The van der Waals surface area contributed by atoms with Gasteiger partial charge in [0.05, 0.1) is 12.2 Å². The van der Waals surface area contributed by atoms with Crippen molar-refractivity contribution in [2.45, 2.75) is 44.0 Å². The molecule has 0 aliphatic rings. The second-order valence-electron chi connectivity index (χ2n) is 4.26. The smallest absolute Gasteiger partial charge is 0.260 e. The maximum atomic E-state index is 12.1. The number of hydrogen-bond acceptors (Lipinski definition) is 6. The van der Waals surface area contributed by atoms with Crippen molar-refractivity contribution < 1.29 is 51.5 Å². The van der Waals surface area contributed by atoms with Gasteiger partial charge in [-0.1, -0.05) is 6.92 Å². The van der Waals surface area contributed by atoms with Crippen molar-refractivity contribution in [3.8, 4) is 0 Å². The van der Waals surface area contributed by atoms with Gasteiger partial charge < -0.3 is 0 Å². The molecule has 0 saturated carbocycles. The molecule has 0 amide bonds. The third-order valence-corrected chi connectivity index (χ3v) is 4.85. The summed E-state index contributed by atoms with van der Waals surface area (Å²) in [6.07, 6.45) is -3.57. The lowest BCUT2D eigenvalue weighted by Gasteiger charge is -2.25. The van der Waals surface area contributed by atoms with Gasteiger partial charge in [-0.3, -0.25) is 8.37 Å². The molecule has 14 heteroatoms. The fourth-order valence-electron chi connectivity index (χ4n) is 1.07. The van der Waals surface area contributed by atoms with Gasteiger partial charge in [-0.15, -0.1) is 0 Å². The van der Waals surface area contributed by atoms with Crippen molar-refractivity contribution >= 4 is 20.2 Å². The molecule has 0 spiro atoms. The van der Waals surface area contributed by atoms with Gasteiger partial charge in [0.25, 0.3) is 0 Å². The third-order valence-electron chi connectivity index (χ3n) is 2.60. The summed E-state index contributed by atoms with van der Waals surface area (Å²) in [6, 6.07) is 0. The Kier molecular flexibility index (Phi) is 6.31. The summed E-state index contributed by atoms with van der Waals surface area (Å²) < 4.78 is 123. The molecule has 0 N–H and O–H groups in total. The summed E-state index contributed by atoms with van der Waals surface area (Å²) in [7, 11) is -11.9. The Morgan fingerprint density at radius 1 is 0.682 bits per heavy atom. The highest BCUT2D eigenvalue weighted by Gasteiger charge is 2.50. The number of alkyl halides is 6. The highest BCUT2D eigenvalue weighted by molar-refractivity contribution is 7.87. The molecule has 0 fully saturated rings. The molecule has 0 heterocycles. The highest BCUT2D eigenvalue weighted by atomic mass is 32.2. The van der Waals surface area contributed by atoms with Crippen LogP contribution in [0.1, 0.15) is 20.8 Å². The molecule has 22 heavy (non-hydrogen) atoms. The van der Waals surface area contributed by atoms with Gasteiger partial charge in [-0.05, 0) is 13.8 Å². The van der Waals surface area contributed by atoms with E-state index < -0.39 is 49.4 Å². The van der Waals surface area contributed by atoms with Crippen molar-refractivity contribution in [1.29, 1.82) is 0 Å². The Bertz CT molecular complexity index is 525. The summed E-state index contributed by atoms with van der Waals surface area (Å²) in [5, 5.41) is 0. The van der Waals surface area contributed by atoms with Crippen LogP contribution in [-0.2, 0) is 28.6 Å². The summed E-state index contributed by atoms with van der Waals surface area (Å²) in [5.41, 5.74) is -11.4. The minimum absolute atomic E-state index is 0.814. The van der Waals surface area contributed by atoms with Crippen molar-refractivity contribution in [2.24, 2.45) is 5.92 Å². The van der Waals surface area contributed by atoms with Gasteiger partial charge in [0, 0.05) is 5.92 Å². The Morgan fingerprint density at radius 2 is 0.909 bits per heavy atom. The van der Waals surface area contributed by atoms with Crippen LogP contribution in [-0.4, -0.2) is 40.1 Å². The molecule has 0 bridgehead atoms. The van der Waals surface area contributed by atoms with E-state index in [-0.39, 0.29) is 0 Å². The van der Waals surface area contributed by atoms with Crippen LogP contribution in [0.2, 0.25) is 0 Å². The zero-order valence-corrected chi connectivity index (χ0v) is 12.9. The van der Waals surface area contributed by atoms with E-state index in [1.807, 2.05) is 0 Å². The van der Waals surface area contributed by atoms with Gasteiger partial charge in [-0.25, -0.2) is 0 Å². The van der Waals surface area contributed by atoms with Crippen LogP contribution < -0.4 is 0 Å². The maximum absolute atomic E-state index is 12.1. The Balaban J connectivity index is 5.03. The van der Waals surface area contributed by atoms with Gasteiger partial charge in [0.15, 0.2) is 0 Å². The van der Waals surface area contributed by atoms with E-state index in [0.29, 0.717) is 0 Å². The minimum Gasteiger partial charge on any atom is -0.260 e. The first-order valence-electron chi connectivity index (χ1n) is 5.41. The van der Waals surface area contributed by atoms with Crippen molar-refractivity contribution in [3.63, 3.8) is 0 Å². The lowest BCUT2D eigenvalue weighted by Crippen LogP contribution is -2.38. The van der Waals surface area contributed by atoms with E-state index in [2.05, 4.69) is 8.37 Å². The number of rotatable bonds is 6. The van der Waals surface area contributed by atoms with Gasteiger partial charge in [0.2, 0.25) is 0 Å². The Labute approximate surface area is 122 Å². The average molecular weight is 382 g/mol. The van der Waals surface area contributed by atoms with E-state index in [1.165, 1.54) is 0 Å². The molecule has 134 valence electrons. The number of hydrogen-bond donors (Lipinski definition) is 0. The molecule has 2 atom stereocenters.